The third-order valence-corrected chi connectivity index (χ3v) is 6.02. The summed E-state index contributed by atoms with van der Waals surface area (Å²) in [6.07, 6.45) is 10.0. The number of amides is 2. The van der Waals surface area contributed by atoms with E-state index in [4.69, 9.17) is 9.47 Å². The van der Waals surface area contributed by atoms with Gasteiger partial charge in [0.1, 0.15) is 11.5 Å². The lowest BCUT2D eigenvalue weighted by Gasteiger charge is -2.18. The first-order valence-corrected chi connectivity index (χ1v) is 11.3. The maximum absolute atomic E-state index is 12.4. The summed E-state index contributed by atoms with van der Waals surface area (Å²) in [5, 5.41) is 5.91. The SMILES string of the molecule is O=C(NCc1ccccc1OC1CCCC1)NCc1ccccc1OC1CCCC1. The minimum absolute atomic E-state index is 0.193. The summed E-state index contributed by atoms with van der Waals surface area (Å²) in [5.74, 6) is 1.75. The van der Waals surface area contributed by atoms with Crippen LogP contribution in [-0.4, -0.2) is 18.2 Å². The minimum atomic E-state index is -0.193. The minimum Gasteiger partial charge on any atom is -0.490 e. The average molecular weight is 409 g/mol. The van der Waals surface area contributed by atoms with Gasteiger partial charge in [0.15, 0.2) is 0 Å². The second kappa shape index (κ2) is 10.4. The van der Waals surface area contributed by atoms with E-state index in [1.807, 2.05) is 48.5 Å². The number of nitrogens with one attached hydrogen (secondary N) is 2. The maximum atomic E-state index is 12.4. The molecule has 0 aromatic heterocycles. The van der Waals surface area contributed by atoms with Crippen molar-refractivity contribution >= 4 is 6.03 Å². The van der Waals surface area contributed by atoms with Gasteiger partial charge in [-0.25, -0.2) is 4.79 Å². The Bertz CT molecular complexity index is 759. The average Bonchev–Trinajstić information content (AvgIpc) is 3.47. The number of hydrogen-bond donors (Lipinski definition) is 2. The van der Waals surface area contributed by atoms with Crippen molar-refractivity contribution in [1.82, 2.24) is 10.6 Å². The maximum Gasteiger partial charge on any atom is 0.315 e. The van der Waals surface area contributed by atoms with Gasteiger partial charge in [-0.1, -0.05) is 36.4 Å². The predicted molar refractivity (Wildman–Crippen MR) is 118 cm³/mol. The smallest absolute Gasteiger partial charge is 0.315 e. The van der Waals surface area contributed by atoms with Crippen molar-refractivity contribution in [3.63, 3.8) is 0 Å². The predicted octanol–water partition coefficient (Wildman–Crippen LogP) is 5.33. The lowest BCUT2D eigenvalue weighted by Crippen LogP contribution is -2.34. The molecule has 0 unspecified atom stereocenters. The Kier molecular flexibility index (Phi) is 7.11. The van der Waals surface area contributed by atoms with Crippen LogP contribution in [0.4, 0.5) is 4.79 Å². The van der Waals surface area contributed by atoms with E-state index in [9.17, 15) is 4.79 Å². The summed E-state index contributed by atoms with van der Waals surface area (Å²) in [6.45, 7) is 0.879. The van der Waals surface area contributed by atoms with Crippen molar-refractivity contribution in [3.05, 3.63) is 59.7 Å². The summed E-state index contributed by atoms with van der Waals surface area (Å²) >= 11 is 0. The molecule has 2 aromatic rings. The summed E-state index contributed by atoms with van der Waals surface area (Å²) in [4.78, 5) is 12.4. The fourth-order valence-electron chi connectivity index (χ4n) is 4.31. The molecule has 2 aliphatic rings. The van der Waals surface area contributed by atoms with Gasteiger partial charge < -0.3 is 20.1 Å². The van der Waals surface area contributed by atoms with Crippen LogP contribution in [0.1, 0.15) is 62.5 Å². The van der Waals surface area contributed by atoms with Crippen molar-refractivity contribution in [2.24, 2.45) is 0 Å². The van der Waals surface area contributed by atoms with Gasteiger partial charge >= 0.3 is 6.03 Å². The van der Waals surface area contributed by atoms with Crippen LogP contribution >= 0.6 is 0 Å². The standard InChI is InChI=1S/C25H32N2O3/c28-25(26-17-19-9-1-7-15-23(19)29-21-11-3-4-12-21)27-18-20-10-2-8-16-24(20)30-22-13-5-6-14-22/h1-2,7-10,15-16,21-22H,3-6,11-14,17-18H2,(H2,26,27,28). The zero-order chi connectivity index (χ0) is 20.6. The Morgan fingerprint density at radius 3 is 1.53 bits per heavy atom. The Morgan fingerprint density at radius 2 is 1.10 bits per heavy atom. The molecule has 0 bridgehead atoms. The Hall–Kier alpha value is -2.69. The number of rotatable bonds is 8. The normalized spacial score (nSPS) is 17.1. The number of benzene rings is 2. The molecule has 0 heterocycles. The highest BCUT2D eigenvalue weighted by Crippen LogP contribution is 2.27. The zero-order valence-electron chi connectivity index (χ0n) is 17.6. The second-order valence-corrected chi connectivity index (χ2v) is 8.30. The molecular weight excluding hydrogens is 376 g/mol. The van der Waals surface area contributed by atoms with Crippen molar-refractivity contribution in [3.8, 4) is 11.5 Å². The molecule has 2 aromatic carbocycles. The molecule has 2 aliphatic carbocycles. The molecular formula is C25H32N2O3. The van der Waals surface area contributed by atoms with Crippen molar-refractivity contribution in [2.45, 2.75) is 76.7 Å². The van der Waals surface area contributed by atoms with E-state index < -0.39 is 0 Å². The van der Waals surface area contributed by atoms with E-state index in [0.717, 1.165) is 48.3 Å². The van der Waals surface area contributed by atoms with Gasteiger partial charge in [0.2, 0.25) is 0 Å². The molecule has 5 heteroatoms. The van der Waals surface area contributed by atoms with Crippen LogP contribution in [0.25, 0.3) is 0 Å². The van der Waals surface area contributed by atoms with Crippen LogP contribution in [0, 0.1) is 0 Å². The van der Waals surface area contributed by atoms with Crippen LogP contribution in [0.15, 0.2) is 48.5 Å². The van der Waals surface area contributed by atoms with E-state index in [1.54, 1.807) is 0 Å². The number of carbonyl (C=O) groups is 1. The summed E-state index contributed by atoms with van der Waals surface area (Å²) < 4.78 is 12.3. The van der Waals surface area contributed by atoms with Gasteiger partial charge in [0.05, 0.1) is 12.2 Å². The lowest BCUT2D eigenvalue weighted by molar-refractivity contribution is 0.207. The number of urea groups is 1. The first-order chi connectivity index (χ1) is 14.8. The van der Waals surface area contributed by atoms with Gasteiger partial charge in [0, 0.05) is 24.2 Å². The van der Waals surface area contributed by atoms with Crippen molar-refractivity contribution < 1.29 is 14.3 Å². The van der Waals surface area contributed by atoms with Crippen LogP contribution in [0.5, 0.6) is 11.5 Å². The lowest BCUT2D eigenvalue weighted by atomic mass is 10.2. The highest BCUT2D eigenvalue weighted by molar-refractivity contribution is 5.74. The Labute approximate surface area is 179 Å². The number of ether oxygens (including phenoxy) is 2. The van der Waals surface area contributed by atoms with E-state index in [-0.39, 0.29) is 6.03 Å². The third kappa shape index (κ3) is 5.68. The molecule has 2 saturated carbocycles. The molecule has 0 atom stereocenters. The van der Waals surface area contributed by atoms with Gasteiger partial charge in [0.25, 0.3) is 0 Å². The van der Waals surface area contributed by atoms with E-state index in [0.29, 0.717) is 25.3 Å². The Balaban J connectivity index is 1.28. The highest BCUT2D eigenvalue weighted by atomic mass is 16.5. The Morgan fingerprint density at radius 1 is 0.700 bits per heavy atom. The van der Waals surface area contributed by atoms with Crippen LogP contribution in [0.2, 0.25) is 0 Å². The number of para-hydroxylation sites is 2. The quantitative estimate of drug-likeness (QED) is 0.621. The summed E-state index contributed by atoms with van der Waals surface area (Å²) in [7, 11) is 0. The van der Waals surface area contributed by atoms with Crippen molar-refractivity contribution in [1.29, 1.82) is 0 Å². The molecule has 0 saturated heterocycles. The summed E-state index contributed by atoms with van der Waals surface area (Å²) in [5.41, 5.74) is 2.01. The van der Waals surface area contributed by atoms with Gasteiger partial charge in [-0.3, -0.25) is 0 Å². The van der Waals surface area contributed by atoms with E-state index >= 15 is 0 Å². The fraction of sp³-hybridized carbons (Fsp3) is 0.480. The molecule has 2 amide bonds. The van der Waals surface area contributed by atoms with Crippen LogP contribution in [-0.2, 0) is 13.1 Å². The highest BCUT2D eigenvalue weighted by Gasteiger charge is 2.19. The molecule has 5 nitrogen and oxygen atoms in total. The van der Waals surface area contributed by atoms with Crippen LogP contribution < -0.4 is 20.1 Å². The largest absolute Gasteiger partial charge is 0.490 e. The van der Waals surface area contributed by atoms with E-state index in [1.165, 1.54) is 25.7 Å². The molecule has 0 radical (unpaired) electrons. The molecule has 30 heavy (non-hydrogen) atoms. The van der Waals surface area contributed by atoms with E-state index in [2.05, 4.69) is 10.6 Å². The molecule has 0 spiro atoms. The summed E-state index contributed by atoms with van der Waals surface area (Å²) in [6, 6.07) is 15.7. The van der Waals surface area contributed by atoms with Gasteiger partial charge in [-0.05, 0) is 63.5 Å². The third-order valence-electron chi connectivity index (χ3n) is 6.02. The zero-order valence-corrected chi connectivity index (χ0v) is 17.6. The molecule has 0 aliphatic heterocycles. The molecule has 2 fully saturated rings. The fourth-order valence-corrected chi connectivity index (χ4v) is 4.31. The number of carbonyl (C=O) groups excluding carboxylic acids is 1. The van der Waals surface area contributed by atoms with Crippen molar-refractivity contribution in [2.75, 3.05) is 0 Å². The topological polar surface area (TPSA) is 59.6 Å². The van der Waals surface area contributed by atoms with Crippen LogP contribution in [0.3, 0.4) is 0 Å². The molecule has 4 rings (SSSR count). The monoisotopic (exact) mass is 408 g/mol. The second-order valence-electron chi connectivity index (χ2n) is 8.30. The molecule has 160 valence electrons. The first-order valence-electron chi connectivity index (χ1n) is 11.3. The first kappa shape index (κ1) is 20.6. The van der Waals surface area contributed by atoms with Gasteiger partial charge in [-0.15, -0.1) is 0 Å². The van der Waals surface area contributed by atoms with Gasteiger partial charge in [-0.2, -0.15) is 0 Å². The number of hydrogen-bond acceptors (Lipinski definition) is 3. The molecule has 2 N–H and O–H groups in total.